The lowest BCUT2D eigenvalue weighted by Gasteiger charge is -2.35. The van der Waals surface area contributed by atoms with Gasteiger partial charge in [0.1, 0.15) is 0 Å². The summed E-state index contributed by atoms with van der Waals surface area (Å²) in [5.41, 5.74) is 1.60. The zero-order valence-corrected chi connectivity index (χ0v) is 14.3. The fourth-order valence-electron chi connectivity index (χ4n) is 2.55. The number of nitrogens with one attached hydrogen (secondary N) is 1. The fraction of sp³-hybridized carbons (Fsp3) is 0.647. The minimum atomic E-state index is 0.170. The van der Waals surface area contributed by atoms with E-state index in [1.54, 1.807) is 0 Å². The summed E-state index contributed by atoms with van der Waals surface area (Å²) in [6, 6.07) is 10.9. The van der Waals surface area contributed by atoms with E-state index in [4.69, 9.17) is 0 Å². The number of rotatable bonds is 10. The first-order valence-electron chi connectivity index (χ1n) is 7.56. The van der Waals surface area contributed by atoms with Gasteiger partial charge in [0, 0.05) is 30.8 Å². The first-order valence-corrected chi connectivity index (χ1v) is 8.95. The Hall–Kier alpha value is -0.510. The first-order chi connectivity index (χ1) is 9.62. The highest BCUT2D eigenvalue weighted by molar-refractivity contribution is 7.98. The lowest BCUT2D eigenvalue weighted by molar-refractivity contribution is 0.261. The number of benzene rings is 1. The molecule has 3 heteroatoms. The maximum atomic E-state index is 3.60. The van der Waals surface area contributed by atoms with Gasteiger partial charge < -0.3 is 10.2 Å². The Labute approximate surface area is 129 Å². The zero-order valence-electron chi connectivity index (χ0n) is 13.5. The third kappa shape index (κ3) is 5.86. The highest BCUT2D eigenvalue weighted by Gasteiger charge is 2.27. The molecule has 0 aliphatic heterocycles. The smallest absolute Gasteiger partial charge is 0.0176 e. The minimum Gasteiger partial charge on any atom is -0.316 e. The van der Waals surface area contributed by atoms with Gasteiger partial charge >= 0.3 is 0 Å². The van der Waals surface area contributed by atoms with E-state index in [9.17, 15) is 0 Å². The summed E-state index contributed by atoms with van der Waals surface area (Å²) in [7, 11) is 2.23. The van der Waals surface area contributed by atoms with E-state index in [-0.39, 0.29) is 5.41 Å². The second-order valence-corrected chi connectivity index (χ2v) is 6.82. The third-order valence-corrected chi connectivity index (χ3v) is 4.30. The maximum Gasteiger partial charge on any atom is 0.0176 e. The molecule has 20 heavy (non-hydrogen) atoms. The van der Waals surface area contributed by atoms with Gasteiger partial charge in [0.25, 0.3) is 0 Å². The van der Waals surface area contributed by atoms with Crippen molar-refractivity contribution in [3.05, 3.63) is 35.9 Å². The fourth-order valence-corrected chi connectivity index (χ4v) is 3.05. The number of nitrogens with zero attached hydrogens (tertiary/aromatic N) is 1. The Morgan fingerprint density at radius 2 is 1.95 bits per heavy atom. The molecule has 114 valence electrons. The maximum absolute atomic E-state index is 3.60. The number of thioether (sulfide) groups is 1. The molecule has 1 unspecified atom stereocenters. The molecular weight excluding hydrogens is 264 g/mol. The van der Waals surface area contributed by atoms with Gasteiger partial charge in [0.2, 0.25) is 0 Å². The van der Waals surface area contributed by atoms with Crippen LogP contribution in [0, 0.1) is 0 Å². The van der Waals surface area contributed by atoms with Crippen LogP contribution in [0.5, 0.6) is 0 Å². The Morgan fingerprint density at radius 3 is 2.55 bits per heavy atom. The van der Waals surface area contributed by atoms with Crippen molar-refractivity contribution in [1.29, 1.82) is 0 Å². The Balaban J connectivity index is 2.73. The number of hydrogen-bond acceptors (Lipinski definition) is 3. The molecule has 0 saturated carbocycles. The van der Waals surface area contributed by atoms with Crippen LogP contribution < -0.4 is 5.32 Å². The van der Waals surface area contributed by atoms with Crippen LogP contribution in [0.15, 0.2) is 30.3 Å². The lowest BCUT2D eigenvalue weighted by Crippen LogP contribution is -2.45. The van der Waals surface area contributed by atoms with Crippen molar-refractivity contribution in [2.45, 2.75) is 25.7 Å². The van der Waals surface area contributed by atoms with Crippen molar-refractivity contribution in [3.8, 4) is 0 Å². The van der Waals surface area contributed by atoms with Gasteiger partial charge in [-0.1, -0.05) is 44.2 Å². The lowest BCUT2D eigenvalue weighted by atomic mass is 9.81. The van der Waals surface area contributed by atoms with Gasteiger partial charge in [-0.3, -0.25) is 0 Å². The number of hydrogen-bond donors (Lipinski definition) is 1. The topological polar surface area (TPSA) is 15.3 Å². The molecule has 1 aromatic carbocycles. The second kappa shape index (κ2) is 9.43. The summed E-state index contributed by atoms with van der Waals surface area (Å²) < 4.78 is 0. The van der Waals surface area contributed by atoms with E-state index in [0.29, 0.717) is 0 Å². The van der Waals surface area contributed by atoms with Crippen molar-refractivity contribution >= 4 is 11.8 Å². The van der Waals surface area contributed by atoms with Crippen LogP contribution in [0.1, 0.15) is 25.8 Å². The summed E-state index contributed by atoms with van der Waals surface area (Å²) in [5.74, 6) is 1.20. The molecule has 0 heterocycles. The molecule has 2 nitrogen and oxygen atoms in total. The standard InChI is InChI=1S/C17H30N2S/c1-5-11-18-14-17(2,15-19(3)12-13-20-4)16-9-7-6-8-10-16/h6-10,18H,5,11-15H2,1-4H3. The summed E-state index contributed by atoms with van der Waals surface area (Å²) in [6.45, 7) is 8.97. The Morgan fingerprint density at radius 1 is 1.25 bits per heavy atom. The normalized spacial score (nSPS) is 14.4. The second-order valence-electron chi connectivity index (χ2n) is 5.83. The van der Waals surface area contributed by atoms with E-state index >= 15 is 0 Å². The van der Waals surface area contributed by atoms with Crippen molar-refractivity contribution in [2.75, 3.05) is 45.2 Å². The van der Waals surface area contributed by atoms with E-state index in [2.05, 4.69) is 67.7 Å². The van der Waals surface area contributed by atoms with E-state index in [1.165, 1.54) is 17.7 Å². The van der Waals surface area contributed by atoms with Gasteiger partial charge in [-0.2, -0.15) is 11.8 Å². The predicted octanol–water partition coefficient (Wildman–Crippen LogP) is 3.24. The highest BCUT2D eigenvalue weighted by Crippen LogP contribution is 2.24. The molecule has 1 N–H and O–H groups in total. The van der Waals surface area contributed by atoms with Crippen molar-refractivity contribution in [1.82, 2.24) is 10.2 Å². The average molecular weight is 295 g/mol. The summed E-state index contributed by atoms with van der Waals surface area (Å²) in [5, 5.41) is 3.60. The van der Waals surface area contributed by atoms with Crippen LogP contribution in [0.3, 0.4) is 0 Å². The van der Waals surface area contributed by atoms with Crippen LogP contribution in [0.4, 0.5) is 0 Å². The van der Waals surface area contributed by atoms with Crippen molar-refractivity contribution in [3.63, 3.8) is 0 Å². The molecule has 1 atom stereocenters. The Kier molecular flexibility index (Phi) is 8.27. The van der Waals surface area contributed by atoms with Gasteiger partial charge in [-0.05, 0) is 31.8 Å². The summed E-state index contributed by atoms with van der Waals surface area (Å²) >= 11 is 1.92. The molecule has 0 spiro atoms. The molecule has 1 aromatic rings. The van der Waals surface area contributed by atoms with Gasteiger partial charge in [-0.15, -0.1) is 0 Å². The van der Waals surface area contributed by atoms with Crippen molar-refractivity contribution in [2.24, 2.45) is 0 Å². The SMILES string of the molecule is CCCNCC(C)(CN(C)CCSC)c1ccccc1. The van der Waals surface area contributed by atoms with E-state index in [1.807, 2.05) is 11.8 Å². The summed E-state index contributed by atoms with van der Waals surface area (Å²) in [6.07, 6.45) is 3.36. The quantitative estimate of drug-likeness (QED) is 0.667. The molecule has 0 radical (unpaired) electrons. The highest BCUT2D eigenvalue weighted by atomic mass is 32.2. The molecule has 0 saturated heterocycles. The first kappa shape index (κ1) is 17.5. The van der Waals surface area contributed by atoms with Crippen molar-refractivity contribution < 1.29 is 0 Å². The van der Waals surface area contributed by atoms with Gasteiger partial charge in [0.05, 0.1) is 0 Å². The van der Waals surface area contributed by atoms with E-state index in [0.717, 1.165) is 26.2 Å². The largest absolute Gasteiger partial charge is 0.316 e. The Bertz CT molecular complexity index is 355. The molecule has 0 amide bonds. The monoisotopic (exact) mass is 294 g/mol. The predicted molar refractivity (Wildman–Crippen MR) is 92.8 cm³/mol. The van der Waals surface area contributed by atoms with Crippen LogP contribution in [-0.4, -0.2) is 50.1 Å². The van der Waals surface area contributed by atoms with Gasteiger partial charge in [0.15, 0.2) is 0 Å². The third-order valence-electron chi connectivity index (χ3n) is 3.71. The molecule has 0 aliphatic rings. The molecular formula is C17H30N2S. The van der Waals surface area contributed by atoms with Crippen LogP contribution in [0.25, 0.3) is 0 Å². The van der Waals surface area contributed by atoms with Crippen LogP contribution in [0.2, 0.25) is 0 Å². The van der Waals surface area contributed by atoms with Crippen LogP contribution in [-0.2, 0) is 5.41 Å². The average Bonchev–Trinajstić information content (AvgIpc) is 2.46. The molecule has 0 bridgehead atoms. The molecule has 0 aliphatic carbocycles. The molecule has 0 aromatic heterocycles. The van der Waals surface area contributed by atoms with E-state index < -0.39 is 0 Å². The number of likely N-dealkylation sites (N-methyl/N-ethyl adjacent to an activating group) is 1. The van der Waals surface area contributed by atoms with Crippen LogP contribution >= 0.6 is 11.8 Å². The molecule has 0 fully saturated rings. The summed E-state index contributed by atoms with van der Waals surface area (Å²) in [4.78, 5) is 2.46. The minimum absolute atomic E-state index is 0.170. The van der Waals surface area contributed by atoms with Gasteiger partial charge in [-0.25, -0.2) is 0 Å². The molecule has 1 rings (SSSR count). The zero-order chi connectivity index (χ0) is 14.8.